The molecular weight excluding hydrogens is 237 g/mol. The number of thiophene rings is 1. The van der Waals surface area contributed by atoms with Crippen molar-refractivity contribution in [3.05, 3.63) is 46.1 Å². The Labute approximate surface area is 102 Å². The van der Waals surface area contributed by atoms with Gasteiger partial charge in [-0.15, -0.1) is 11.3 Å². The summed E-state index contributed by atoms with van der Waals surface area (Å²) < 4.78 is 13.3. The number of rotatable bonds is 1. The minimum Gasteiger partial charge on any atom is -0.365 e. The van der Waals surface area contributed by atoms with Crippen molar-refractivity contribution in [1.29, 1.82) is 0 Å². The lowest BCUT2D eigenvalue weighted by molar-refractivity contribution is 0.100. The minimum atomic E-state index is -0.414. The number of halogens is 1. The molecule has 1 aliphatic rings. The van der Waals surface area contributed by atoms with Crippen LogP contribution in [0.25, 0.3) is 10.4 Å². The second kappa shape index (κ2) is 3.67. The van der Waals surface area contributed by atoms with E-state index in [1.807, 2.05) is 12.1 Å². The summed E-state index contributed by atoms with van der Waals surface area (Å²) in [6.45, 7) is 0. The fraction of sp³-hybridized carbons (Fsp3) is 0.154. The Bertz CT molecular complexity index is 618. The number of hydrogen-bond acceptors (Lipinski definition) is 2. The van der Waals surface area contributed by atoms with Gasteiger partial charge >= 0.3 is 0 Å². The van der Waals surface area contributed by atoms with Crippen molar-refractivity contribution in [3.63, 3.8) is 0 Å². The van der Waals surface area contributed by atoms with Gasteiger partial charge in [0.2, 0.25) is 0 Å². The van der Waals surface area contributed by atoms with Crippen molar-refractivity contribution in [2.45, 2.75) is 12.8 Å². The summed E-state index contributed by atoms with van der Waals surface area (Å²) in [4.78, 5) is 12.7. The van der Waals surface area contributed by atoms with Crippen LogP contribution in [-0.4, -0.2) is 5.91 Å². The number of aryl methyl sites for hydroxylation is 2. The summed E-state index contributed by atoms with van der Waals surface area (Å²) >= 11 is 1.35. The predicted molar refractivity (Wildman–Crippen MR) is 65.6 cm³/mol. The van der Waals surface area contributed by atoms with E-state index in [2.05, 4.69) is 0 Å². The molecule has 86 valence electrons. The fourth-order valence-electron chi connectivity index (χ4n) is 2.21. The molecule has 1 heterocycles. The number of fused-ring (bicyclic) bond motifs is 3. The SMILES string of the molecule is NC(=O)c1cc2c(s1)-c1cc(F)ccc1CC2. The van der Waals surface area contributed by atoms with Gasteiger partial charge in [-0.2, -0.15) is 0 Å². The summed E-state index contributed by atoms with van der Waals surface area (Å²) in [5.74, 6) is -0.659. The van der Waals surface area contributed by atoms with Gasteiger partial charge < -0.3 is 5.73 Å². The van der Waals surface area contributed by atoms with Gasteiger partial charge in [-0.05, 0) is 47.7 Å². The van der Waals surface area contributed by atoms with Crippen LogP contribution >= 0.6 is 11.3 Å². The molecule has 2 aromatic rings. The average molecular weight is 247 g/mol. The molecule has 2 N–H and O–H groups in total. The molecule has 1 aromatic carbocycles. The second-order valence-electron chi connectivity index (χ2n) is 4.13. The van der Waals surface area contributed by atoms with Crippen LogP contribution in [-0.2, 0) is 12.8 Å². The predicted octanol–water partition coefficient (Wildman–Crippen LogP) is 2.75. The molecule has 0 saturated heterocycles. The first-order valence-electron chi connectivity index (χ1n) is 5.36. The third-order valence-corrected chi connectivity index (χ3v) is 4.26. The highest BCUT2D eigenvalue weighted by Crippen LogP contribution is 2.39. The van der Waals surface area contributed by atoms with Gasteiger partial charge in [0.25, 0.3) is 5.91 Å². The van der Waals surface area contributed by atoms with E-state index < -0.39 is 5.91 Å². The van der Waals surface area contributed by atoms with E-state index in [-0.39, 0.29) is 5.82 Å². The van der Waals surface area contributed by atoms with E-state index in [1.165, 1.54) is 23.5 Å². The van der Waals surface area contributed by atoms with Crippen molar-refractivity contribution < 1.29 is 9.18 Å². The average Bonchev–Trinajstić information content (AvgIpc) is 2.73. The van der Waals surface area contributed by atoms with Gasteiger partial charge in [0, 0.05) is 4.88 Å². The molecule has 0 saturated carbocycles. The van der Waals surface area contributed by atoms with Crippen molar-refractivity contribution in [3.8, 4) is 10.4 Å². The van der Waals surface area contributed by atoms with Crippen LogP contribution < -0.4 is 5.73 Å². The molecule has 2 nitrogen and oxygen atoms in total. The summed E-state index contributed by atoms with van der Waals surface area (Å²) in [5, 5.41) is 0. The molecule has 0 spiro atoms. The number of amides is 1. The van der Waals surface area contributed by atoms with E-state index >= 15 is 0 Å². The zero-order chi connectivity index (χ0) is 12.0. The van der Waals surface area contributed by atoms with Gasteiger partial charge in [0.05, 0.1) is 4.88 Å². The minimum absolute atomic E-state index is 0.245. The Morgan fingerprint density at radius 3 is 2.76 bits per heavy atom. The Morgan fingerprint density at radius 1 is 1.24 bits per heavy atom. The quantitative estimate of drug-likeness (QED) is 0.827. The number of carbonyl (C=O) groups is 1. The molecule has 1 aliphatic carbocycles. The highest BCUT2D eigenvalue weighted by atomic mass is 32.1. The smallest absolute Gasteiger partial charge is 0.258 e. The van der Waals surface area contributed by atoms with Crippen molar-refractivity contribution in [2.75, 3.05) is 0 Å². The van der Waals surface area contributed by atoms with Crippen LogP contribution in [0.4, 0.5) is 4.39 Å². The molecule has 0 bridgehead atoms. The largest absolute Gasteiger partial charge is 0.365 e. The number of hydrogen-bond donors (Lipinski definition) is 1. The number of benzene rings is 1. The monoisotopic (exact) mass is 247 g/mol. The van der Waals surface area contributed by atoms with Gasteiger partial charge in [-0.3, -0.25) is 4.79 Å². The summed E-state index contributed by atoms with van der Waals surface area (Å²) in [6.07, 6.45) is 1.77. The maximum absolute atomic E-state index is 13.3. The summed E-state index contributed by atoms with van der Waals surface area (Å²) in [7, 11) is 0. The topological polar surface area (TPSA) is 43.1 Å². The van der Waals surface area contributed by atoms with Crippen LogP contribution in [0, 0.1) is 5.82 Å². The molecule has 1 amide bonds. The molecule has 4 heteroatoms. The van der Waals surface area contributed by atoms with Crippen LogP contribution in [0.15, 0.2) is 24.3 Å². The van der Waals surface area contributed by atoms with Gasteiger partial charge in [0.15, 0.2) is 0 Å². The maximum atomic E-state index is 13.3. The first kappa shape index (κ1) is 10.5. The summed E-state index contributed by atoms with van der Waals surface area (Å²) in [5.41, 5.74) is 8.41. The highest BCUT2D eigenvalue weighted by molar-refractivity contribution is 7.17. The first-order chi connectivity index (χ1) is 8.15. The lowest BCUT2D eigenvalue weighted by atomic mass is 9.91. The number of primary amides is 1. The third-order valence-electron chi connectivity index (χ3n) is 3.03. The normalized spacial score (nSPS) is 13.0. The molecular formula is C13H10FNOS. The molecule has 0 radical (unpaired) electrons. The Morgan fingerprint density at radius 2 is 2.00 bits per heavy atom. The highest BCUT2D eigenvalue weighted by Gasteiger charge is 2.21. The Hall–Kier alpha value is -1.68. The van der Waals surface area contributed by atoms with Crippen LogP contribution in [0.3, 0.4) is 0 Å². The molecule has 0 unspecified atom stereocenters. The van der Waals surface area contributed by atoms with Crippen molar-refractivity contribution in [1.82, 2.24) is 0 Å². The second-order valence-corrected chi connectivity index (χ2v) is 5.18. The van der Waals surface area contributed by atoms with Gasteiger partial charge in [0.1, 0.15) is 5.82 Å². The standard InChI is InChI=1S/C13H10FNOS/c14-9-4-3-7-1-2-8-5-11(13(15)16)17-12(8)10(7)6-9/h3-6H,1-2H2,(H2,15,16). The lowest BCUT2D eigenvalue weighted by Gasteiger charge is -2.15. The molecule has 17 heavy (non-hydrogen) atoms. The summed E-state index contributed by atoms with van der Waals surface area (Å²) in [6, 6.07) is 6.66. The number of carbonyl (C=O) groups excluding carboxylic acids is 1. The van der Waals surface area contributed by atoms with Gasteiger partial charge in [-0.25, -0.2) is 4.39 Å². The number of nitrogens with two attached hydrogens (primary N) is 1. The van der Waals surface area contributed by atoms with E-state index in [4.69, 9.17) is 5.73 Å². The first-order valence-corrected chi connectivity index (χ1v) is 6.18. The van der Waals surface area contributed by atoms with E-state index in [1.54, 1.807) is 0 Å². The molecule has 0 aliphatic heterocycles. The lowest BCUT2D eigenvalue weighted by Crippen LogP contribution is -2.08. The Balaban J connectivity index is 2.21. The van der Waals surface area contributed by atoms with Crippen LogP contribution in [0.2, 0.25) is 0 Å². The van der Waals surface area contributed by atoms with E-state index in [9.17, 15) is 9.18 Å². The van der Waals surface area contributed by atoms with Gasteiger partial charge in [-0.1, -0.05) is 6.07 Å². The van der Waals surface area contributed by atoms with Crippen LogP contribution in [0.5, 0.6) is 0 Å². The van der Waals surface area contributed by atoms with E-state index in [0.717, 1.165) is 34.4 Å². The molecule has 0 fully saturated rings. The van der Waals surface area contributed by atoms with Crippen molar-refractivity contribution in [2.24, 2.45) is 5.73 Å². The van der Waals surface area contributed by atoms with Crippen molar-refractivity contribution >= 4 is 17.2 Å². The third kappa shape index (κ3) is 1.65. The molecule has 3 rings (SSSR count). The fourth-order valence-corrected chi connectivity index (χ4v) is 3.32. The maximum Gasteiger partial charge on any atom is 0.258 e. The van der Waals surface area contributed by atoms with Crippen LogP contribution in [0.1, 0.15) is 20.8 Å². The zero-order valence-electron chi connectivity index (χ0n) is 9.00. The molecule has 0 atom stereocenters. The molecule has 1 aromatic heterocycles. The zero-order valence-corrected chi connectivity index (χ0v) is 9.81. The van der Waals surface area contributed by atoms with E-state index in [0.29, 0.717) is 4.88 Å². The Kier molecular flexibility index (Phi) is 2.26.